The van der Waals surface area contributed by atoms with E-state index >= 15 is 0 Å². The summed E-state index contributed by atoms with van der Waals surface area (Å²) < 4.78 is 0. The van der Waals surface area contributed by atoms with Gasteiger partial charge in [-0.2, -0.15) is 0 Å². The third-order valence-corrected chi connectivity index (χ3v) is 3.23. The van der Waals surface area contributed by atoms with Gasteiger partial charge in [0.1, 0.15) is 0 Å². The first-order chi connectivity index (χ1) is 9.04. The van der Waals surface area contributed by atoms with Gasteiger partial charge in [0.2, 0.25) is 5.91 Å². The molecule has 0 bridgehead atoms. The van der Waals surface area contributed by atoms with Crippen molar-refractivity contribution in [3.8, 4) is 0 Å². The molecule has 1 unspecified atom stereocenters. The lowest BCUT2D eigenvalue weighted by Gasteiger charge is -2.14. The molecular formula is C14H20ClN3O2. The van der Waals surface area contributed by atoms with Gasteiger partial charge in [0, 0.05) is 30.4 Å². The molecule has 110 valence electrons. The van der Waals surface area contributed by atoms with Crippen molar-refractivity contribution < 1.29 is 9.59 Å². The number of likely N-dealkylation sites (tertiary alicyclic amines) is 1. The Morgan fingerprint density at radius 2 is 2.20 bits per heavy atom. The molecule has 1 aromatic carbocycles. The minimum Gasteiger partial charge on any atom is -0.326 e. The van der Waals surface area contributed by atoms with Crippen molar-refractivity contribution in [1.29, 1.82) is 0 Å². The molecule has 0 spiro atoms. The summed E-state index contributed by atoms with van der Waals surface area (Å²) in [4.78, 5) is 25.2. The quantitative estimate of drug-likeness (QED) is 0.821. The molecule has 1 fully saturated rings. The molecule has 1 saturated heterocycles. The van der Waals surface area contributed by atoms with Gasteiger partial charge < -0.3 is 11.1 Å². The van der Waals surface area contributed by atoms with Crippen LogP contribution in [0.2, 0.25) is 0 Å². The number of carbonyl (C=O) groups excluding carboxylic acids is 2. The van der Waals surface area contributed by atoms with Crippen LogP contribution >= 0.6 is 12.4 Å². The number of benzene rings is 1. The Labute approximate surface area is 124 Å². The SMILES string of the molecule is CC(=O)c1cccc(NC(=O)CN2CCC(N)C2)c1.Cl. The van der Waals surface area contributed by atoms with E-state index in [-0.39, 0.29) is 30.1 Å². The van der Waals surface area contributed by atoms with Crippen molar-refractivity contribution in [1.82, 2.24) is 4.90 Å². The van der Waals surface area contributed by atoms with E-state index in [4.69, 9.17) is 5.73 Å². The zero-order valence-electron chi connectivity index (χ0n) is 11.5. The lowest BCUT2D eigenvalue weighted by molar-refractivity contribution is -0.117. The fraction of sp³-hybridized carbons (Fsp3) is 0.429. The summed E-state index contributed by atoms with van der Waals surface area (Å²) in [6.45, 7) is 3.48. The molecular weight excluding hydrogens is 278 g/mol. The smallest absolute Gasteiger partial charge is 0.238 e. The number of rotatable bonds is 4. The van der Waals surface area contributed by atoms with Crippen LogP contribution in [0.4, 0.5) is 5.69 Å². The number of hydrogen-bond acceptors (Lipinski definition) is 4. The molecule has 0 saturated carbocycles. The molecule has 5 nitrogen and oxygen atoms in total. The van der Waals surface area contributed by atoms with Gasteiger partial charge in [0.15, 0.2) is 5.78 Å². The van der Waals surface area contributed by atoms with Crippen LogP contribution < -0.4 is 11.1 Å². The van der Waals surface area contributed by atoms with Gasteiger partial charge >= 0.3 is 0 Å². The second kappa shape index (κ2) is 7.38. The molecule has 1 amide bonds. The van der Waals surface area contributed by atoms with Crippen LogP contribution in [0.1, 0.15) is 23.7 Å². The van der Waals surface area contributed by atoms with Gasteiger partial charge in [-0.1, -0.05) is 12.1 Å². The first kappa shape index (κ1) is 16.6. The molecule has 20 heavy (non-hydrogen) atoms. The van der Waals surface area contributed by atoms with Crippen molar-refractivity contribution in [3.05, 3.63) is 29.8 Å². The van der Waals surface area contributed by atoms with Crippen molar-refractivity contribution >= 4 is 29.8 Å². The van der Waals surface area contributed by atoms with Crippen LogP contribution in [-0.4, -0.2) is 42.3 Å². The normalized spacial score (nSPS) is 18.4. The van der Waals surface area contributed by atoms with Gasteiger partial charge in [0.05, 0.1) is 6.54 Å². The molecule has 1 atom stereocenters. The van der Waals surface area contributed by atoms with E-state index in [0.717, 1.165) is 19.5 Å². The van der Waals surface area contributed by atoms with Gasteiger partial charge in [-0.05, 0) is 25.5 Å². The van der Waals surface area contributed by atoms with E-state index < -0.39 is 0 Å². The highest BCUT2D eigenvalue weighted by Gasteiger charge is 2.20. The Bertz CT molecular complexity index is 493. The number of anilines is 1. The first-order valence-corrected chi connectivity index (χ1v) is 6.43. The number of amides is 1. The molecule has 2 rings (SSSR count). The predicted molar refractivity (Wildman–Crippen MR) is 81.4 cm³/mol. The maximum absolute atomic E-state index is 11.9. The highest BCUT2D eigenvalue weighted by atomic mass is 35.5. The van der Waals surface area contributed by atoms with Crippen LogP contribution in [0.5, 0.6) is 0 Å². The largest absolute Gasteiger partial charge is 0.326 e. The van der Waals surface area contributed by atoms with Gasteiger partial charge in [-0.15, -0.1) is 12.4 Å². The number of nitrogens with one attached hydrogen (secondary N) is 1. The summed E-state index contributed by atoms with van der Waals surface area (Å²) in [7, 11) is 0. The number of hydrogen-bond donors (Lipinski definition) is 2. The zero-order valence-corrected chi connectivity index (χ0v) is 12.3. The van der Waals surface area contributed by atoms with E-state index in [0.29, 0.717) is 17.8 Å². The molecule has 0 aromatic heterocycles. The number of nitrogens with two attached hydrogens (primary N) is 1. The second-order valence-electron chi connectivity index (χ2n) is 4.97. The Kier molecular flexibility index (Phi) is 6.13. The Balaban J connectivity index is 0.00000200. The topological polar surface area (TPSA) is 75.4 Å². The molecule has 1 aromatic rings. The maximum Gasteiger partial charge on any atom is 0.238 e. The van der Waals surface area contributed by atoms with Crippen LogP contribution in [0.15, 0.2) is 24.3 Å². The van der Waals surface area contributed by atoms with Crippen molar-refractivity contribution in [2.45, 2.75) is 19.4 Å². The molecule has 0 aliphatic carbocycles. The molecule has 3 N–H and O–H groups in total. The monoisotopic (exact) mass is 297 g/mol. The number of halogens is 1. The molecule has 1 heterocycles. The van der Waals surface area contributed by atoms with Gasteiger partial charge in [0.25, 0.3) is 0 Å². The average Bonchev–Trinajstić information content (AvgIpc) is 2.74. The molecule has 1 aliphatic rings. The van der Waals surface area contributed by atoms with Gasteiger partial charge in [-0.3, -0.25) is 14.5 Å². The number of ketones is 1. The second-order valence-corrected chi connectivity index (χ2v) is 4.97. The van der Waals surface area contributed by atoms with Crippen molar-refractivity contribution in [3.63, 3.8) is 0 Å². The lowest BCUT2D eigenvalue weighted by Crippen LogP contribution is -2.33. The van der Waals surface area contributed by atoms with E-state index in [1.807, 2.05) is 4.90 Å². The third-order valence-electron chi connectivity index (χ3n) is 3.23. The fourth-order valence-corrected chi connectivity index (χ4v) is 2.23. The van der Waals surface area contributed by atoms with Crippen LogP contribution in [0.25, 0.3) is 0 Å². The summed E-state index contributed by atoms with van der Waals surface area (Å²) in [5, 5.41) is 2.81. The van der Waals surface area contributed by atoms with Crippen molar-refractivity contribution in [2.24, 2.45) is 5.73 Å². The van der Waals surface area contributed by atoms with Crippen LogP contribution in [0, 0.1) is 0 Å². The van der Waals surface area contributed by atoms with Gasteiger partial charge in [-0.25, -0.2) is 0 Å². The molecule has 0 radical (unpaired) electrons. The van der Waals surface area contributed by atoms with E-state index in [1.54, 1.807) is 24.3 Å². The summed E-state index contributed by atoms with van der Waals surface area (Å²) in [6, 6.07) is 7.14. The number of carbonyl (C=O) groups is 2. The number of nitrogens with zero attached hydrogens (tertiary/aromatic N) is 1. The first-order valence-electron chi connectivity index (χ1n) is 6.43. The standard InChI is InChI=1S/C14H19N3O2.ClH/c1-10(18)11-3-2-4-13(7-11)16-14(19)9-17-6-5-12(15)8-17;/h2-4,7,12H,5-6,8-9,15H2,1H3,(H,16,19);1H. The molecule has 1 aliphatic heterocycles. The summed E-state index contributed by atoms with van der Waals surface area (Å²) >= 11 is 0. The average molecular weight is 298 g/mol. The van der Waals surface area contributed by atoms with E-state index in [9.17, 15) is 9.59 Å². The Hall–Kier alpha value is -1.43. The van der Waals surface area contributed by atoms with Crippen molar-refractivity contribution in [2.75, 3.05) is 25.0 Å². The van der Waals surface area contributed by atoms with Crippen LogP contribution in [0.3, 0.4) is 0 Å². The van der Waals surface area contributed by atoms with E-state index in [1.165, 1.54) is 6.92 Å². The number of Topliss-reactive ketones (excluding diaryl/α,β-unsaturated/α-hetero) is 1. The minimum atomic E-state index is -0.0743. The molecule has 6 heteroatoms. The summed E-state index contributed by atoms with van der Waals surface area (Å²) in [5.74, 6) is -0.0867. The highest BCUT2D eigenvalue weighted by molar-refractivity contribution is 5.97. The minimum absolute atomic E-state index is 0. The fourth-order valence-electron chi connectivity index (χ4n) is 2.23. The maximum atomic E-state index is 11.9. The Morgan fingerprint density at radius 1 is 1.45 bits per heavy atom. The third kappa shape index (κ3) is 4.59. The lowest BCUT2D eigenvalue weighted by atomic mass is 10.1. The summed E-state index contributed by atoms with van der Waals surface area (Å²) in [6.07, 6.45) is 0.938. The predicted octanol–water partition coefficient (Wildman–Crippen LogP) is 1.28. The van der Waals surface area contributed by atoms with E-state index in [2.05, 4.69) is 5.32 Å². The highest BCUT2D eigenvalue weighted by Crippen LogP contribution is 2.12. The van der Waals surface area contributed by atoms with Crippen LogP contribution in [-0.2, 0) is 4.79 Å². The zero-order chi connectivity index (χ0) is 13.8. The summed E-state index contributed by atoms with van der Waals surface area (Å²) in [5.41, 5.74) is 7.05. The Morgan fingerprint density at radius 3 is 2.80 bits per heavy atom.